The summed E-state index contributed by atoms with van der Waals surface area (Å²) in [5.74, 6) is -2.09. The van der Waals surface area contributed by atoms with Crippen LogP contribution in [-0.4, -0.2) is 43.4 Å². The van der Waals surface area contributed by atoms with Crippen LogP contribution in [0.25, 0.3) is 0 Å². The topological polar surface area (TPSA) is 115 Å². The van der Waals surface area contributed by atoms with Gasteiger partial charge in [0.15, 0.2) is 0 Å². The number of hydrogen-bond acceptors (Lipinski definition) is 3. The Kier molecular flexibility index (Phi) is 13.0. The fourth-order valence-corrected chi connectivity index (χ4v) is 6.56. The van der Waals surface area contributed by atoms with Gasteiger partial charge in [0.2, 0.25) is 0 Å². The van der Waals surface area contributed by atoms with E-state index in [1.54, 1.807) is 6.92 Å². The average molecular weight is 378 g/mol. The van der Waals surface area contributed by atoms with Crippen molar-refractivity contribution in [2.75, 3.05) is 11.5 Å². The van der Waals surface area contributed by atoms with E-state index in [0.717, 1.165) is 19.3 Å². The van der Waals surface area contributed by atoms with Gasteiger partial charge in [-0.05, 0) is 28.3 Å². The molecule has 6 nitrogen and oxygen atoms in total. The second-order valence-corrected chi connectivity index (χ2v) is 13.5. The van der Waals surface area contributed by atoms with E-state index in [9.17, 15) is 23.3 Å². The monoisotopic (exact) mass is 378 g/mol. The second kappa shape index (κ2) is 12.0. The molecule has 0 aromatic heterocycles. The third kappa shape index (κ3) is 12.1. The predicted octanol–water partition coefficient (Wildman–Crippen LogP) is 3.20. The lowest BCUT2D eigenvalue weighted by Gasteiger charge is -2.32. The van der Waals surface area contributed by atoms with Gasteiger partial charge in [0.05, 0.1) is 0 Å². The van der Waals surface area contributed by atoms with Crippen LogP contribution in [-0.2, 0) is 21.4 Å². The SMILES string of the molecule is CCCCCCS(F)(CC)P(O)(O)=S.O=C(O)/C=C\C(=O)O. The molecule has 10 heteroatoms. The predicted molar refractivity (Wildman–Crippen MR) is 91.4 cm³/mol. The Bertz CT molecular complexity index is 410. The molecule has 0 aliphatic heterocycles. The summed E-state index contributed by atoms with van der Waals surface area (Å²) in [6.45, 7) is 3.72. The minimum absolute atomic E-state index is 0.170. The number of carboxylic acids is 2. The van der Waals surface area contributed by atoms with Gasteiger partial charge < -0.3 is 20.0 Å². The number of unbranched alkanes of at least 4 members (excludes halogenated alkanes) is 3. The first-order valence-electron chi connectivity index (χ1n) is 6.68. The minimum atomic E-state index is -3.69. The fourth-order valence-electron chi connectivity index (χ4n) is 1.32. The molecule has 22 heavy (non-hydrogen) atoms. The van der Waals surface area contributed by atoms with E-state index in [1.165, 1.54) is 0 Å². The van der Waals surface area contributed by atoms with Crippen molar-refractivity contribution >= 4 is 39.5 Å². The quantitative estimate of drug-likeness (QED) is 0.277. The third-order valence-electron chi connectivity index (χ3n) is 2.55. The molecular formula is C12H24FO6PS2. The molecule has 0 saturated heterocycles. The van der Waals surface area contributed by atoms with Gasteiger partial charge in [0.25, 0.3) is 5.69 Å². The average Bonchev–Trinajstić information content (AvgIpc) is 2.40. The van der Waals surface area contributed by atoms with Crippen molar-refractivity contribution in [2.24, 2.45) is 0 Å². The summed E-state index contributed by atoms with van der Waals surface area (Å²) in [5, 5.41) is 15.6. The Labute approximate surface area is 136 Å². The van der Waals surface area contributed by atoms with Crippen LogP contribution >= 0.6 is 15.7 Å². The standard InChI is InChI=1S/C8H20FO2PS2.C4H4O4/c1-3-5-6-7-8-14(9,4-2)12(10,11)13;5-3(6)1-2-4(7)8/h3-8H2,1-2H3,(H2,10,11,13);1-2H,(H,5,6)(H,7,8)/b;2-1-. The maximum atomic E-state index is 14.0. The summed E-state index contributed by atoms with van der Waals surface area (Å²) in [6, 6.07) is 0. The van der Waals surface area contributed by atoms with Crippen molar-refractivity contribution in [3.63, 3.8) is 0 Å². The number of carboxylic acid groups (broad SMARTS) is 2. The maximum absolute atomic E-state index is 14.0. The molecule has 4 N–H and O–H groups in total. The van der Waals surface area contributed by atoms with E-state index < -0.39 is 27.7 Å². The minimum Gasteiger partial charge on any atom is -0.478 e. The summed E-state index contributed by atoms with van der Waals surface area (Å²) in [6.07, 6.45) is 4.94. The van der Waals surface area contributed by atoms with Crippen molar-refractivity contribution in [1.82, 2.24) is 0 Å². The number of rotatable bonds is 9. The lowest BCUT2D eigenvalue weighted by Crippen LogP contribution is -2.02. The first-order chi connectivity index (χ1) is 10.00. The molecule has 0 aromatic carbocycles. The van der Waals surface area contributed by atoms with Crippen LogP contribution in [0.2, 0.25) is 0 Å². The van der Waals surface area contributed by atoms with E-state index in [-0.39, 0.29) is 11.5 Å². The van der Waals surface area contributed by atoms with Gasteiger partial charge in [-0.1, -0.05) is 33.1 Å². The molecule has 0 aromatic rings. The smallest absolute Gasteiger partial charge is 0.328 e. The third-order valence-corrected chi connectivity index (χ3v) is 11.5. The van der Waals surface area contributed by atoms with Crippen LogP contribution in [0.15, 0.2) is 12.2 Å². The van der Waals surface area contributed by atoms with Crippen molar-refractivity contribution in [2.45, 2.75) is 39.5 Å². The molecule has 0 radical (unpaired) electrons. The van der Waals surface area contributed by atoms with Gasteiger partial charge in [-0.3, -0.25) is 0 Å². The molecule has 0 aliphatic carbocycles. The van der Waals surface area contributed by atoms with Gasteiger partial charge in [0, 0.05) is 23.7 Å². The highest BCUT2D eigenvalue weighted by Crippen LogP contribution is 2.78. The lowest BCUT2D eigenvalue weighted by atomic mass is 10.2. The van der Waals surface area contributed by atoms with E-state index in [2.05, 4.69) is 18.7 Å². The molecule has 0 aliphatic rings. The summed E-state index contributed by atoms with van der Waals surface area (Å²) in [4.78, 5) is 37.6. The Balaban J connectivity index is 0. The van der Waals surface area contributed by atoms with Gasteiger partial charge in [-0.15, -0.1) is 0 Å². The van der Waals surface area contributed by atoms with E-state index in [1.807, 2.05) is 0 Å². The molecule has 0 fully saturated rings. The molecule has 0 bridgehead atoms. The normalized spacial score (nSPS) is 15.5. The summed E-state index contributed by atoms with van der Waals surface area (Å²) in [7, 11) is -2.84. The second-order valence-electron chi connectivity index (χ2n) is 4.30. The van der Waals surface area contributed by atoms with Crippen molar-refractivity contribution in [1.29, 1.82) is 0 Å². The number of hydrogen-bond donors (Lipinski definition) is 4. The highest BCUT2D eigenvalue weighted by Gasteiger charge is 2.35. The molecule has 1 unspecified atom stereocenters. The van der Waals surface area contributed by atoms with Crippen molar-refractivity contribution < 1.29 is 33.5 Å². The molecule has 132 valence electrons. The van der Waals surface area contributed by atoms with Crippen LogP contribution in [0.4, 0.5) is 3.89 Å². The van der Waals surface area contributed by atoms with Crippen molar-refractivity contribution in [3.8, 4) is 0 Å². The van der Waals surface area contributed by atoms with Gasteiger partial charge >= 0.3 is 11.9 Å². The molecule has 1 atom stereocenters. The highest BCUT2D eigenvalue weighted by molar-refractivity contribution is 8.82. The van der Waals surface area contributed by atoms with Crippen molar-refractivity contribution in [3.05, 3.63) is 12.2 Å². The molecule has 0 spiro atoms. The molecule has 0 saturated carbocycles. The molecular weight excluding hydrogens is 354 g/mol. The van der Waals surface area contributed by atoms with Crippen LogP contribution in [0, 0.1) is 0 Å². The zero-order valence-corrected chi connectivity index (χ0v) is 15.2. The van der Waals surface area contributed by atoms with E-state index >= 15 is 0 Å². The lowest BCUT2D eigenvalue weighted by molar-refractivity contribution is -0.134. The Morgan fingerprint density at radius 1 is 1.09 bits per heavy atom. The first-order valence-corrected chi connectivity index (χ1v) is 11.9. The van der Waals surface area contributed by atoms with Crippen LogP contribution in [0.1, 0.15) is 39.5 Å². The summed E-state index contributed by atoms with van der Waals surface area (Å²) < 4.78 is 14.0. The largest absolute Gasteiger partial charge is 0.478 e. The Morgan fingerprint density at radius 2 is 1.55 bits per heavy atom. The van der Waals surface area contributed by atoms with Crippen LogP contribution in [0.5, 0.6) is 0 Å². The zero-order chi connectivity index (χ0) is 17.8. The summed E-state index contributed by atoms with van der Waals surface area (Å²) in [5.41, 5.74) is -3.69. The molecule has 0 heterocycles. The molecule has 0 rings (SSSR count). The number of aliphatic carboxylic acids is 2. The molecule has 0 amide bonds. The van der Waals surface area contributed by atoms with Gasteiger partial charge in [-0.2, -0.15) is 3.89 Å². The number of carbonyl (C=O) groups is 2. The van der Waals surface area contributed by atoms with Crippen LogP contribution < -0.4 is 0 Å². The van der Waals surface area contributed by atoms with Gasteiger partial charge in [-0.25, -0.2) is 9.59 Å². The Hall–Kier alpha value is -0.470. The number of halogens is 1. The highest BCUT2D eigenvalue weighted by atomic mass is 33.0. The Morgan fingerprint density at radius 3 is 1.82 bits per heavy atom. The first kappa shape index (κ1) is 23.8. The van der Waals surface area contributed by atoms with Gasteiger partial charge in [0.1, 0.15) is 0 Å². The van der Waals surface area contributed by atoms with Crippen LogP contribution in [0.3, 0.4) is 0 Å². The van der Waals surface area contributed by atoms with E-state index in [0.29, 0.717) is 18.6 Å². The zero-order valence-electron chi connectivity index (χ0n) is 12.6. The summed E-state index contributed by atoms with van der Waals surface area (Å²) >= 11 is 4.48. The van der Waals surface area contributed by atoms with E-state index in [4.69, 9.17) is 10.2 Å². The maximum Gasteiger partial charge on any atom is 0.328 e. The fraction of sp³-hybridized carbons (Fsp3) is 0.667.